The highest BCUT2D eigenvalue weighted by molar-refractivity contribution is 7.13. The number of amides is 1. The fourth-order valence-corrected chi connectivity index (χ4v) is 2.33. The normalized spacial score (nSPS) is 11.6. The first kappa shape index (κ1) is 15.6. The lowest BCUT2D eigenvalue weighted by Crippen LogP contribution is -2.43. The number of carbonyl (C=O) groups excluding carboxylic acids is 1. The molecule has 0 saturated carbocycles. The Labute approximate surface area is 117 Å². The van der Waals surface area contributed by atoms with Crippen LogP contribution in [0.4, 0.5) is 0 Å². The molecule has 5 nitrogen and oxygen atoms in total. The topological polar surface area (TPSA) is 79.3 Å². The van der Waals surface area contributed by atoms with Crippen LogP contribution >= 0.6 is 11.3 Å². The zero-order valence-corrected chi connectivity index (χ0v) is 12.5. The van der Waals surface area contributed by atoms with Gasteiger partial charge in [0.05, 0.1) is 11.2 Å². The van der Waals surface area contributed by atoms with Gasteiger partial charge in [-0.25, -0.2) is 4.98 Å². The van der Waals surface area contributed by atoms with Gasteiger partial charge in [-0.1, -0.05) is 13.8 Å². The van der Waals surface area contributed by atoms with E-state index in [2.05, 4.69) is 10.3 Å². The second-order valence-corrected chi connectivity index (χ2v) is 6.51. The van der Waals surface area contributed by atoms with Crippen molar-refractivity contribution in [2.45, 2.75) is 52.0 Å². The van der Waals surface area contributed by atoms with Crippen molar-refractivity contribution in [1.82, 2.24) is 10.3 Å². The molecule has 19 heavy (non-hydrogen) atoms. The van der Waals surface area contributed by atoms with Crippen LogP contribution in [0.1, 0.15) is 61.1 Å². The molecule has 0 radical (unpaired) electrons. The molecule has 2 N–H and O–H groups in total. The predicted octanol–water partition coefficient (Wildman–Crippen LogP) is 2.64. The molecule has 0 fully saturated rings. The Balaban J connectivity index is 2.64. The number of rotatable bonds is 6. The molecular weight excluding hydrogens is 264 g/mol. The van der Waals surface area contributed by atoms with Crippen molar-refractivity contribution in [1.29, 1.82) is 0 Å². The number of hydrogen-bond donors (Lipinski definition) is 2. The Kier molecular flexibility index (Phi) is 5.05. The van der Waals surface area contributed by atoms with E-state index in [4.69, 9.17) is 5.11 Å². The molecule has 1 aromatic heterocycles. The van der Waals surface area contributed by atoms with Crippen LogP contribution in [-0.2, 0) is 4.79 Å². The summed E-state index contributed by atoms with van der Waals surface area (Å²) in [5.41, 5.74) is -0.544. The van der Waals surface area contributed by atoms with Gasteiger partial charge < -0.3 is 10.4 Å². The number of hydrogen-bond acceptors (Lipinski definition) is 4. The summed E-state index contributed by atoms with van der Waals surface area (Å²) in [6, 6.07) is 0. The van der Waals surface area contributed by atoms with Gasteiger partial charge in [0.15, 0.2) is 0 Å². The lowest BCUT2D eigenvalue weighted by Gasteiger charge is -2.25. The lowest BCUT2D eigenvalue weighted by atomic mass is 9.98. The van der Waals surface area contributed by atoms with Gasteiger partial charge in [-0.15, -0.1) is 11.3 Å². The standard InChI is InChI=1S/C13H20N2O3S/c1-8(2)12-14-7-9(19-12)11(18)15-13(3,4)6-5-10(16)17/h7-8H,5-6H2,1-4H3,(H,15,18)(H,16,17). The van der Waals surface area contributed by atoms with Crippen LogP contribution in [0, 0.1) is 0 Å². The highest BCUT2D eigenvalue weighted by atomic mass is 32.1. The molecule has 0 aromatic carbocycles. The minimum absolute atomic E-state index is 0.0349. The van der Waals surface area contributed by atoms with Crippen LogP contribution in [0.3, 0.4) is 0 Å². The average molecular weight is 284 g/mol. The third-order valence-corrected chi connectivity index (χ3v) is 3.95. The molecule has 1 heterocycles. The number of carboxylic acids is 1. The van der Waals surface area contributed by atoms with Crippen molar-refractivity contribution >= 4 is 23.2 Å². The second-order valence-electron chi connectivity index (χ2n) is 5.45. The van der Waals surface area contributed by atoms with Gasteiger partial charge in [-0.3, -0.25) is 9.59 Å². The minimum atomic E-state index is -0.859. The van der Waals surface area contributed by atoms with Crippen molar-refractivity contribution in [3.05, 3.63) is 16.1 Å². The van der Waals surface area contributed by atoms with Gasteiger partial charge in [-0.05, 0) is 20.3 Å². The SMILES string of the molecule is CC(C)c1ncc(C(=O)NC(C)(C)CCC(=O)O)s1. The summed E-state index contributed by atoms with van der Waals surface area (Å²) in [5, 5.41) is 12.4. The molecule has 1 amide bonds. The van der Waals surface area contributed by atoms with Gasteiger partial charge >= 0.3 is 5.97 Å². The number of thiazole rings is 1. The van der Waals surface area contributed by atoms with Crippen LogP contribution in [0.15, 0.2) is 6.20 Å². The van der Waals surface area contributed by atoms with E-state index in [1.54, 1.807) is 6.20 Å². The van der Waals surface area contributed by atoms with E-state index in [1.807, 2.05) is 27.7 Å². The summed E-state index contributed by atoms with van der Waals surface area (Å²) in [6.07, 6.45) is 2.00. The van der Waals surface area contributed by atoms with E-state index < -0.39 is 11.5 Å². The predicted molar refractivity (Wildman–Crippen MR) is 74.6 cm³/mol. The number of nitrogens with one attached hydrogen (secondary N) is 1. The fraction of sp³-hybridized carbons (Fsp3) is 0.615. The Morgan fingerprint density at radius 1 is 1.47 bits per heavy atom. The number of carbonyl (C=O) groups is 2. The first-order valence-corrected chi connectivity index (χ1v) is 7.03. The molecule has 106 valence electrons. The third-order valence-electron chi connectivity index (χ3n) is 2.66. The van der Waals surface area contributed by atoms with E-state index >= 15 is 0 Å². The highest BCUT2D eigenvalue weighted by Crippen LogP contribution is 2.22. The molecule has 1 aromatic rings. The monoisotopic (exact) mass is 284 g/mol. The molecule has 0 aliphatic heterocycles. The molecular formula is C13H20N2O3S. The number of aliphatic carboxylic acids is 1. The van der Waals surface area contributed by atoms with Crippen LogP contribution in [0.25, 0.3) is 0 Å². The number of nitrogens with zero attached hydrogens (tertiary/aromatic N) is 1. The van der Waals surface area contributed by atoms with Crippen LogP contribution in [-0.4, -0.2) is 27.5 Å². The molecule has 0 aliphatic rings. The zero-order chi connectivity index (χ0) is 14.6. The second kappa shape index (κ2) is 6.14. The van der Waals surface area contributed by atoms with E-state index in [1.165, 1.54) is 11.3 Å². The molecule has 1 rings (SSSR count). The van der Waals surface area contributed by atoms with Crippen LogP contribution < -0.4 is 5.32 Å². The quantitative estimate of drug-likeness (QED) is 0.841. The minimum Gasteiger partial charge on any atom is -0.481 e. The maximum atomic E-state index is 12.1. The largest absolute Gasteiger partial charge is 0.481 e. The fourth-order valence-electron chi connectivity index (χ4n) is 1.51. The molecule has 0 unspecified atom stereocenters. The molecule has 6 heteroatoms. The Hall–Kier alpha value is -1.43. The van der Waals surface area contributed by atoms with Crippen LogP contribution in [0.5, 0.6) is 0 Å². The summed E-state index contributed by atoms with van der Waals surface area (Å²) in [6.45, 7) is 7.69. The molecule has 0 bridgehead atoms. The Bertz CT molecular complexity index is 466. The van der Waals surface area contributed by atoms with Crippen molar-refractivity contribution in [2.24, 2.45) is 0 Å². The number of aromatic nitrogens is 1. The van der Waals surface area contributed by atoms with Gasteiger partial charge in [0.25, 0.3) is 5.91 Å². The van der Waals surface area contributed by atoms with E-state index in [9.17, 15) is 9.59 Å². The maximum Gasteiger partial charge on any atom is 0.303 e. The maximum absolute atomic E-state index is 12.1. The van der Waals surface area contributed by atoms with Crippen LogP contribution in [0.2, 0.25) is 0 Å². The smallest absolute Gasteiger partial charge is 0.303 e. The Morgan fingerprint density at radius 2 is 2.11 bits per heavy atom. The summed E-state index contributed by atoms with van der Waals surface area (Å²) < 4.78 is 0. The lowest BCUT2D eigenvalue weighted by molar-refractivity contribution is -0.137. The first-order chi connectivity index (χ1) is 8.71. The molecule has 0 saturated heterocycles. The first-order valence-electron chi connectivity index (χ1n) is 6.21. The summed E-state index contributed by atoms with van der Waals surface area (Å²) in [5.74, 6) is -0.756. The van der Waals surface area contributed by atoms with E-state index in [-0.39, 0.29) is 12.3 Å². The number of carboxylic acid groups (broad SMARTS) is 1. The van der Waals surface area contributed by atoms with Crippen molar-refractivity contribution < 1.29 is 14.7 Å². The molecule has 0 aliphatic carbocycles. The molecule has 0 spiro atoms. The zero-order valence-electron chi connectivity index (χ0n) is 11.7. The summed E-state index contributed by atoms with van der Waals surface area (Å²) in [4.78, 5) is 27.4. The van der Waals surface area contributed by atoms with E-state index in [0.29, 0.717) is 17.2 Å². The third kappa shape index (κ3) is 4.98. The van der Waals surface area contributed by atoms with Crippen molar-refractivity contribution in [3.63, 3.8) is 0 Å². The van der Waals surface area contributed by atoms with Crippen molar-refractivity contribution in [3.8, 4) is 0 Å². The van der Waals surface area contributed by atoms with E-state index in [0.717, 1.165) is 5.01 Å². The highest BCUT2D eigenvalue weighted by Gasteiger charge is 2.23. The summed E-state index contributed by atoms with van der Waals surface area (Å²) in [7, 11) is 0. The Morgan fingerprint density at radius 3 is 2.58 bits per heavy atom. The molecule has 0 atom stereocenters. The van der Waals surface area contributed by atoms with Crippen molar-refractivity contribution in [2.75, 3.05) is 0 Å². The summed E-state index contributed by atoms with van der Waals surface area (Å²) >= 11 is 1.37. The van der Waals surface area contributed by atoms with Gasteiger partial charge in [-0.2, -0.15) is 0 Å². The van der Waals surface area contributed by atoms with Gasteiger partial charge in [0.2, 0.25) is 0 Å². The average Bonchev–Trinajstić information content (AvgIpc) is 2.75. The van der Waals surface area contributed by atoms with Gasteiger partial charge in [0, 0.05) is 17.9 Å². The van der Waals surface area contributed by atoms with Gasteiger partial charge in [0.1, 0.15) is 4.88 Å².